The van der Waals surface area contributed by atoms with Gasteiger partial charge < -0.3 is 9.64 Å². The second-order valence-electron chi connectivity index (χ2n) is 4.54. The van der Waals surface area contributed by atoms with E-state index in [2.05, 4.69) is 12.1 Å². The highest BCUT2D eigenvalue weighted by molar-refractivity contribution is 8.03. The lowest BCUT2D eigenvalue weighted by Crippen LogP contribution is -2.26. The van der Waals surface area contributed by atoms with E-state index in [9.17, 15) is 4.79 Å². The van der Waals surface area contributed by atoms with Crippen LogP contribution in [0, 0.1) is 0 Å². The van der Waals surface area contributed by atoms with Gasteiger partial charge in [-0.25, -0.2) is 0 Å². The fraction of sp³-hybridized carbons (Fsp3) is 0.188. The molecule has 5 heteroatoms. The zero-order valence-corrected chi connectivity index (χ0v) is 13.2. The summed E-state index contributed by atoms with van der Waals surface area (Å²) >= 11 is 3.40. The van der Waals surface area contributed by atoms with Gasteiger partial charge in [-0.3, -0.25) is 4.79 Å². The third-order valence-electron chi connectivity index (χ3n) is 3.20. The molecule has 21 heavy (non-hydrogen) atoms. The van der Waals surface area contributed by atoms with Gasteiger partial charge in [-0.15, -0.1) is 23.1 Å². The number of carbonyl (C=O) groups excluding carboxylic acids is 1. The zero-order chi connectivity index (χ0) is 14.7. The van der Waals surface area contributed by atoms with Crippen LogP contribution in [0.25, 0.3) is 6.08 Å². The molecule has 0 aliphatic carbocycles. The summed E-state index contributed by atoms with van der Waals surface area (Å²) in [5.74, 6) is 1.67. The largest absolute Gasteiger partial charge is 0.497 e. The first kappa shape index (κ1) is 14.2. The van der Waals surface area contributed by atoms with Crippen molar-refractivity contribution in [2.75, 3.05) is 19.4 Å². The van der Waals surface area contributed by atoms with Crippen LogP contribution in [-0.2, 0) is 0 Å². The maximum atomic E-state index is 12.7. The standard InChI is InChI=1S/C16H15NO2S2/c1-19-13-5-2-4-12(10-13)16(18)17-7-9-21-15(17)11-14-6-3-8-20-14/h2-6,8,10-11H,7,9H2,1H3/b15-11+. The van der Waals surface area contributed by atoms with Crippen molar-refractivity contribution in [2.24, 2.45) is 0 Å². The normalized spacial score (nSPS) is 16.4. The van der Waals surface area contributed by atoms with Crippen LogP contribution >= 0.6 is 23.1 Å². The van der Waals surface area contributed by atoms with Crippen LogP contribution in [0.4, 0.5) is 0 Å². The molecule has 0 N–H and O–H groups in total. The molecular weight excluding hydrogens is 302 g/mol. The molecule has 1 aromatic heterocycles. The Hall–Kier alpha value is -1.72. The number of hydrogen-bond acceptors (Lipinski definition) is 4. The number of thioether (sulfide) groups is 1. The lowest BCUT2D eigenvalue weighted by molar-refractivity contribution is 0.0830. The molecule has 0 bridgehead atoms. The van der Waals surface area contributed by atoms with Gasteiger partial charge in [0.1, 0.15) is 5.75 Å². The highest BCUT2D eigenvalue weighted by Crippen LogP contribution is 2.32. The number of nitrogens with zero attached hydrogens (tertiary/aromatic N) is 1. The van der Waals surface area contributed by atoms with E-state index in [1.807, 2.05) is 34.5 Å². The molecule has 3 nitrogen and oxygen atoms in total. The van der Waals surface area contributed by atoms with Gasteiger partial charge in [0.05, 0.1) is 12.1 Å². The van der Waals surface area contributed by atoms with Crippen molar-refractivity contribution >= 4 is 35.1 Å². The molecule has 0 radical (unpaired) electrons. The summed E-state index contributed by atoms with van der Waals surface area (Å²) in [5, 5.41) is 3.06. The minimum absolute atomic E-state index is 0.0294. The fourth-order valence-electron chi connectivity index (χ4n) is 2.16. The molecule has 0 unspecified atom stereocenters. The summed E-state index contributed by atoms with van der Waals surface area (Å²) in [5.41, 5.74) is 0.661. The van der Waals surface area contributed by atoms with Crippen molar-refractivity contribution in [1.82, 2.24) is 4.90 Å². The highest BCUT2D eigenvalue weighted by Gasteiger charge is 2.25. The second kappa shape index (κ2) is 6.37. The summed E-state index contributed by atoms with van der Waals surface area (Å²) in [6.45, 7) is 0.748. The average Bonchev–Trinajstić information content (AvgIpc) is 3.19. The number of benzene rings is 1. The summed E-state index contributed by atoms with van der Waals surface area (Å²) in [6.07, 6.45) is 2.08. The van der Waals surface area contributed by atoms with Gasteiger partial charge in [0, 0.05) is 22.7 Å². The number of hydrogen-bond donors (Lipinski definition) is 0. The van der Waals surface area contributed by atoms with Crippen LogP contribution in [0.5, 0.6) is 5.75 Å². The summed E-state index contributed by atoms with van der Waals surface area (Å²) < 4.78 is 5.19. The first-order valence-electron chi connectivity index (χ1n) is 6.62. The van der Waals surface area contributed by atoms with E-state index in [1.54, 1.807) is 36.3 Å². The molecule has 3 rings (SSSR count). The Morgan fingerprint density at radius 3 is 3.00 bits per heavy atom. The van der Waals surface area contributed by atoms with Crippen LogP contribution in [0.1, 0.15) is 15.2 Å². The van der Waals surface area contributed by atoms with E-state index in [0.717, 1.165) is 17.3 Å². The molecule has 1 aliphatic heterocycles. The van der Waals surface area contributed by atoms with Crippen LogP contribution in [-0.4, -0.2) is 30.2 Å². The maximum absolute atomic E-state index is 12.7. The van der Waals surface area contributed by atoms with E-state index in [1.165, 1.54) is 4.88 Å². The van der Waals surface area contributed by atoms with Crippen molar-refractivity contribution in [1.29, 1.82) is 0 Å². The van der Waals surface area contributed by atoms with Gasteiger partial charge in [-0.05, 0) is 35.7 Å². The average molecular weight is 317 g/mol. The molecule has 1 aromatic carbocycles. The lowest BCUT2D eigenvalue weighted by atomic mass is 10.2. The van der Waals surface area contributed by atoms with E-state index < -0.39 is 0 Å². The molecule has 0 spiro atoms. The molecule has 0 atom stereocenters. The minimum atomic E-state index is 0.0294. The van der Waals surface area contributed by atoms with Crippen LogP contribution in [0.3, 0.4) is 0 Å². The number of ether oxygens (including phenoxy) is 1. The Bertz CT molecular complexity index is 665. The summed E-state index contributed by atoms with van der Waals surface area (Å²) in [4.78, 5) is 15.7. The third kappa shape index (κ3) is 3.14. The first-order valence-corrected chi connectivity index (χ1v) is 8.48. The quantitative estimate of drug-likeness (QED) is 0.858. The zero-order valence-electron chi connectivity index (χ0n) is 11.6. The predicted octanol–water partition coefficient (Wildman–Crippen LogP) is 3.94. The van der Waals surface area contributed by atoms with Gasteiger partial charge in [0.15, 0.2) is 0 Å². The van der Waals surface area contributed by atoms with Crippen LogP contribution < -0.4 is 4.74 Å². The van der Waals surface area contributed by atoms with Crippen LogP contribution in [0.2, 0.25) is 0 Å². The van der Waals surface area contributed by atoms with E-state index in [4.69, 9.17) is 4.74 Å². The predicted molar refractivity (Wildman–Crippen MR) is 88.8 cm³/mol. The Labute approximate surface area is 132 Å². The lowest BCUT2D eigenvalue weighted by Gasteiger charge is -2.17. The molecule has 1 fully saturated rings. The van der Waals surface area contributed by atoms with Crippen molar-refractivity contribution in [3.63, 3.8) is 0 Å². The maximum Gasteiger partial charge on any atom is 0.258 e. The number of thiophene rings is 1. The van der Waals surface area contributed by atoms with E-state index >= 15 is 0 Å². The molecule has 2 heterocycles. The topological polar surface area (TPSA) is 29.5 Å². The Kier molecular flexibility index (Phi) is 4.31. The van der Waals surface area contributed by atoms with Crippen LogP contribution in [0.15, 0.2) is 46.8 Å². The number of rotatable bonds is 3. The Balaban J connectivity index is 1.86. The minimum Gasteiger partial charge on any atom is -0.497 e. The molecule has 1 amide bonds. The molecule has 108 valence electrons. The number of methoxy groups -OCH3 is 1. The van der Waals surface area contributed by atoms with Gasteiger partial charge in [-0.2, -0.15) is 0 Å². The van der Waals surface area contributed by atoms with E-state index in [-0.39, 0.29) is 5.91 Å². The third-order valence-corrected chi connectivity index (χ3v) is 5.04. The SMILES string of the molecule is COc1cccc(C(=O)N2CCS/C2=C/c2cccs2)c1. The van der Waals surface area contributed by atoms with Crippen molar-refractivity contribution in [3.05, 3.63) is 57.2 Å². The van der Waals surface area contributed by atoms with Crippen molar-refractivity contribution in [2.45, 2.75) is 0 Å². The molecule has 2 aromatic rings. The molecular formula is C16H15NO2S2. The van der Waals surface area contributed by atoms with Gasteiger partial charge in [-0.1, -0.05) is 12.1 Å². The van der Waals surface area contributed by atoms with E-state index in [0.29, 0.717) is 11.3 Å². The summed E-state index contributed by atoms with van der Waals surface area (Å²) in [7, 11) is 1.61. The smallest absolute Gasteiger partial charge is 0.258 e. The molecule has 0 saturated carbocycles. The van der Waals surface area contributed by atoms with Crippen molar-refractivity contribution in [3.8, 4) is 5.75 Å². The molecule has 1 aliphatic rings. The number of carbonyl (C=O) groups is 1. The van der Waals surface area contributed by atoms with Gasteiger partial charge >= 0.3 is 0 Å². The second-order valence-corrected chi connectivity index (χ2v) is 6.63. The monoisotopic (exact) mass is 317 g/mol. The fourth-order valence-corrected chi connectivity index (χ4v) is 3.91. The first-order chi connectivity index (χ1) is 10.3. The Morgan fingerprint density at radius 2 is 2.24 bits per heavy atom. The Morgan fingerprint density at radius 1 is 1.33 bits per heavy atom. The van der Waals surface area contributed by atoms with Gasteiger partial charge in [0.2, 0.25) is 0 Å². The highest BCUT2D eigenvalue weighted by atomic mass is 32.2. The molecule has 1 saturated heterocycles. The van der Waals surface area contributed by atoms with Gasteiger partial charge in [0.25, 0.3) is 5.91 Å². The summed E-state index contributed by atoms with van der Waals surface area (Å²) in [6, 6.07) is 11.4. The van der Waals surface area contributed by atoms with Crippen molar-refractivity contribution < 1.29 is 9.53 Å². The number of amides is 1.